The Morgan fingerprint density at radius 2 is 2.18 bits per heavy atom. The first-order valence-corrected chi connectivity index (χ1v) is 6.85. The quantitative estimate of drug-likeness (QED) is 0.656. The summed E-state index contributed by atoms with van der Waals surface area (Å²) in [7, 11) is 0. The number of amides is 1. The molecule has 0 aliphatic heterocycles. The molecule has 5 nitrogen and oxygen atoms in total. The van der Waals surface area contributed by atoms with E-state index >= 15 is 0 Å². The number of hydrogen-bond donors (Lipinski definition) is 2. The van der Waals surface area contributed by atoms with Crippen molar-refractivity contribution in [2.45, 2.75) is 20.4 Å². The Morgan fingerprint density at radius 3 is 2.82 bits per heavy atom. The summed E-state index contributed by atoms with van der Waals surface area (Å²) in [5, 5.41) is 14.7. The van der Waals surface area contributed by atoms with Crippen LogP contribution in [0, 0.1) is 25.2 Å². The van der Waals surface area contributed by atoms with E-state index in [1.165, 1.54) is 6.20 Å². The minimum atomic E-state index is -0.443. The number of rotatable bonds is 5. The molecule has 1 amide bonds. The first kappa shape index (κ1) is 15.4. The Balaban J connectivity index is 2.00. The summed E-state index contributed by atoms with van der Waals surface area (Å²) in [5.41, 5.74) is 2.77. The van der Waals surface area contributed by atoms with Crippen molar-refractivity contribution in [1.82, 2.24) is 5.32 Å². The van der Waals surface area contributed by atoms with E-state index in [-0.39, 0.29) is 5.57 Å². The summed E-state index contributed by atoms with van der Waals surface area (Å²) < 4.78 is 5.16. The highest BCUT2D eigenvalue weighted by Crippen LogP contribution is 2.16. The second-order valence-electron chi connectivity index (χ2n) is 4.90. The number of carbonyl (C=O) groups excluding carboxylic acids is 1. The van der Waals surface area contributed by atoms with E-state index in [0.29, 0.717) is 12.2 Å². The number of hydrogen-bond acceptors (Lipinski definition) is 4. The van der Waals surface area contributed by atoms with Gasteiger partial charge in [-0.15, -0.1) is 0 Å². The van der Waals surface area contributed by atoms with Gasteiger partial charge in [0.2, 0.25) is 0 Å². The van der Waals surface area contributed by atoms with E-state index in [2.05, 4.69) is 10.6 Å². The summed E-state index contributed by atoms with van der Waals surface area (Å²) in [4.78, 5) is 12.1. The zero-order valence-electron chi connectivity index (χ0n) is 12.5. The van der Waals surface area contributed by atoms with Crippen LogP contribution in [0.25, 0.3) is 0 Å². The number of nitrogens with zero attached hydrogens (tertiary/aromatic N) is 1. The standard InChI is InChI=1S/C17H17N3O2/c1-12-5-6-16(13(2)8-12)20-17(21)14(9-18)10-19-11-15-4-3-7-22-15/h3-8,10,19H,11H2,1-2H3,(H,20,21)/b14-10-. The highest BCUT2D eigenvalue weighted by atomic mass is 16.3. The van der Waals surface area contributed by atoms with Gasteiger partial charge >= 0.3 is 0 Å². The molecule has 2 N–H and O–H groups in total. The normalized spacial score (nSPS) is 10.9. The first-order chi connectivity index (χ1) is 10.6. The van der Waals surface area contributed by atoms with Gasteiger partial charge in [-0.2, -0.15) is 5.26 Å². The average Bonchev–Trinajstić information content (AvgIpc) is 2.99. The zero-order chi connectivity index (χ0) is 15.9. The fourth-order valence-electron chi connectivity index (χ4n) is 1.96. The van der Waals surface area contributed by atoms with Gasteiger partial charge in [0.25, 0.3) is 5.91 Å². The van der Waals surface area contributed by atoms with Crippen LogP contribution in [0.15, 0.2) is 52.8 Å². The molecule has 112 valence electrons. The molecule has 2 rings (SSSR count). The van der Waals surface area contributed by atoms with Crippen molar-refractivity contribution in [2.24, 2.45) is 0 Å². The van der Waals surface area contributed by atoms with Crippen LogP contribution in [-0.4, -0.2) is 5.91 Å². The van der Waals surface area contributed by atoms with Crippen molar-refractivity contribution in [2.75, 3.05) is 5.32 Å². The van der Waals surface area contributed by atoms with Crippen molar-refractivity contribution in [3.63, 3.8) is 0 Å². The second-order valence-corrected chi connectivity index (χ2v) is 4.90. The number of benzene rings is 1. The van der Waals surface area contributed by atoms with Crippen molar-refractivity contribution in [3.8, 4) is 6.07 Å². The van der Waals surface area contributed by atoms with Crippen LogP contribution < -0.4 is 10.6 Å². The molecule has 0 atom stereocenters. The van der Waals surface area contributed by atoms with E-state index in [9.17, 15) is 4.79 Å². The van der Waals surface area contributed by atoms with Gasteiger partial charge < -0.3 is 15.1 Å². The molecule has 2 aromatic rings. The molecule has 0 aliphatic rings. The molecule has 22 heavy (non-hydrogen) atoms. The molecule has 0 bridgehead atoms. The van der Waals surface area contributed by atoms with Crippen molar-refractivity contribution < 1.29 is 9.21 Å². The summed E-state index contributed by atoms with van der Waals surface area (Å²) in [6, 6.07) is 11.2. The maximum atomic E-state index is 12.1. The van der Waals surface area contributed by atoms with E-state index in [4.69, 9.17) is 9.68 Å². The number of nitriles is 1. The molecule has 0 saturated carbocycles. The Labute approximate surface area is 129 Å². The topological polar surface area (TPSA) is 78.1 Å². The third-order valence-corrected chi connectivity index (χ3v) is 3.10. The van der Waals surface area contributed by atoms with E-state index in [0.717, 1.165) is 16.9 Å². The minimum absolute atomic E-state index is 0.00605. The second kappa shape index (κ2) is 7.14. The predicted octanol–water partition coefficient (Wildman–Crippen LogP) is 3.03. The largest absolute Gasteiger partial charge is 0.467 e. The summed E-state index contributed by atoms with van der Waals surface area (Å²) in [6.07, 6.45) is 2.96. The van der Waals surface area contributed by atoms with Gasteiger partial charge in [0.15, 0.2) is 0 Å². The van der Waals surface area contributed by atoms with Gasteiger partial charge in [0.1, 0.15) is 17.4 Å². The van der Waals surface area contributed by atoms with Gasteiger partial charge in [-0.25, -0.2) is 0 Å². The van der Waals surface area contributed by atoms with Crippen LogP contribution in [-0.2, 0) is 11.3 Å². The Bertz CT molecular complexity index is 725. The third kappa shape index (κ3) is 4.00. The van der Waals surface area contributed by atoms with Crippen LogP contribution in [0.2, 0.25) is 0 Å². The summed E-state index contributed by atoms with van der Waals surface area (Å²) in [5.74, 6) is 0.282. The monoisotopic (exact) mass is 295 g/mol. The SMILES string of the molecule is Cc1ccc(NC(=O)/C(C#N)=C\NCc2ccco2)c(C)c1. The molecule has 0 unspecified atom stereocenters. The van der Waals surface area contributed by atoms with Gasteiger partial charge in [-0.1, -0.05) is 17.7 Å². The minimum Gasteiger partial charge on any atom is -0.467 e. The number of carbonyl (C=O) groups is 1. The summed E-state index contributed by atoms with van der Waals surface area (Å²) >= 11 is 0. The lowest BCUT2D eigenvalue weighted by atomic mass is 10.1. The molecule has 0 aliphatic carbocycles. The highest BCUT2D eigenvalue weighted by Gasteiger charge is 2.10. The van der Waals surface area contributed by atoms with Crippen LogP contribution in [0.5, 0.6) is 0 Å². The Morgan fingerprint density at radius 1 is 1.36 bits per heavy atom. The fraction of sp³-hybridized carbons (Fsp3) is 0.176. The average molecular weight is 295 g/mol. The molecular weight excluding hydrogens is 278 g/mol. The van der Waals surface area contributed by atoms with Crippen LogP contribution in [0.4, 0.5) is 5.69 Å². The molecule has 1 aromatic carbocycles. The predicted molar refractivity (Wildman–Crippen MR) is 83.8 cm³/mol. The first-order valence-electron chi connectivity index (χ1n) is 6.85. The lowest BCUT2D eigenvalue weighted by molar-refractivity contribution is -0.112. The lowest BCUT2D eigenvalue weighted by Gasteiger charge is -2.08. The Hall–Kier alpha value is -3.00. The van der Waals surface area contributed by atoms with Crippen LogP contribution in [0.1, 0.15) is 16.9 Å². The molecule has 5 heteroatoms. The van der Waals surface area contributed by atoms with E-state index in [1.807, 2.05) is 44.2 Å². The number of anilines is 1. The highest BCUT2D eigenvalue weighted by molar-refractivity contribution is 6.06. The van der Waals surface area contributed by atoms with Gasteiger partial charge in [-0.3, -0.25) is 4.79 Å². The van der Waals surface area contributed by atoms with Crippen LogP contribution >= 0.6 is 0 Å². The molecule has 1 aromatic heterocycles. The van der Waals surface area contributed by atoms with Gasteiger partial charge in [-0.05, 0) is 37.6 Å². The van der Waals surface area contributed by atoms with Crippen molar-refractivity contribution in [1.29, 1.82) is 5.26 Å². The molecule has 1 heterocycles. The molecule has 0 spiro atoms. The molecule has 0 saturated heterocycles. The maximum Gasteiger partial charge on any atom is 0.267 e. The molecule has 0 radical (unpaired) electrons. The number of nitrogens with one attached hydrogen (secondary N) is 2. The van der Waals surface area contributed by atoms with Gasteiger partial charge in [0.05, 0.1) is 12.8 Å². The van der Waals surface area contributed by atoms with E-state index < -0.39 is 5.91 Å². The fourth-order valence-corrected chi connectivity index (χ4v) is 1.96. The number of aryl methyl sites for hydroxylation is 2. The van der Waals surface area contributed by atoms with Crippen molar-refractivity contribution in [3.05, 3.63) is 65.3 Å². The zero-order valence-corrected chi connectivity index (χ0v) is 12.5. The van der Waals surface area contributed by atoms with Crippen molar-refractivity contribution >= 4 is 11.6 Å². The number of furan rings is 1. The smallest absolute Gasteiger partial charge is 0.267 e. The molecular formula is C17H17N3O2. The lowest BCUT2D eigenvalue weighted by Crippen LogP contribution is -2.17. The maximum absolute atomic E-state index is 12.1. The van der Waals surface area contributed by atoms with Gasteiger partial charge in [0, 0.05) is 11.9 Å². The molecule has 0 fully saturated rings. The Kier molecular flexibility index (Phi) is 4.99. The third-order valence-electron chi connectivity index (χ3n) is 3.10. The summed E-state index contributed by atoms with van der Waals surface area (Å²) in [6.45, 7) is 4.31. The van der Waals surface area contributed by atoms with E-state index in [1.54, 1.807) is 12.3 Å². The van der Waals surface area contributed by atoms with Crippen LogP contribution in [0.3, 0.4) is 0 Å².